The number of hydrogen-bond acceptors (Lipinski definition) is 4. The molecule has 0 saturated carbocycles. The summed E-state index contributed by atoms with van der Waals surface area (Å²) in [6, 6.07) is 12.5. The first-order valence-corrected chi connectivity index (χ1v) is 8.24. The summed E-state index contributed by atoms with van der Waals surface area (Å²) in [5.41, 5.74) is 8.09. The second-order valence-electron chi connectivity index (χ2n) is 5.02. The Morgan fingerprint density at radius 2 is 2.08 bits per heavy atom. The first-order valence-electron chi connectivity index (χ1n) is 7.05. The number of rotatable bonds is 2. The fourth-order valence-electron chi connectivity index (χ4n) is 2.03. The van der Waals surface area contributed by atoms with Gasteiger partial charge in [0.2, 0.25) is 11.1 Å². The minimum atomic E-state index is -0.525. The number of hydrogen-bond donors (Lipinski definition) is 3. The molecule has 2 amide bonds. The number of thiazole rings is 1. The van der Waals surface area contributed by atoms with E-state index in [9.17, 15) is 4.79 Å². The molecule has 0 aliphatic rings. The van der Waals surface area contributed by atoms with E-state index in [4.69, 9.17) is 17.3 Å². The van der Waals surface area contributed by atoms with E-state index < -0.39 is 6.03 Å². The number of benzene rings is 2. The van der Waals surface area contributed by atoms with Crippen molar-refractivity contribution in [1.82, 2.24) is 10.3 Å². The molecule has 0 aliphatic heterocycles. The van der Waals surface area contributed by atoms with Gasteiger partial charge in [0.05, 0.1) is 20.9 Å². The van der Waals surface area contributed by atoms with Crippen LogP contribution < -0.4 is 16.4 Å². The number of amides is 2. The van der Waals surface area contributed by atoms with Crippen molar-refractivity contribution in [3.8, 4) is 0 Å². The zero-order valence-electron chi connectivity index (χ0n) is 12.7. The second-order valence-corrected chi connectivity index (χ2v) is 6.44. The molecule has 0 spiro atoms. The Morgan fingerprint density at radius 3 is 2.83 bits per heavy atom. The molecule has 0 saturated heterocycles. The van der Waals surface area contributed by atoms with Crippen LogP contribution in [-0.4, -0.2) is 17.0 Å². The molecule has 0 fully saturated rings. The third-order valence-electron chi connectivity index (χ3n) is 3.11. The van der Waals surface area contributed by atoms with Gasteiger partial charge in [0.15, 0.2) is 0 Å². The van der Waals surface area contributed by atoms with Crippen LogP contribution in [0.5, 0.6) is 0 Å². The Hall–Kier alpha value is -2.64. The van der Waals surface area contributed by atoms with Crippen LogP contribution in [-0.2, 0) is 0 Å². The number of aryl methyl sites for hydroxylation is 1. The van der Waals surface area contributed by atoms with Gasteiger partial charge in [-0.1, -0.05) is 41.1 Å². The molecule has 3 aromatic rings. The fourth-order valence-corrected chi connectivity index (χ4v) is 3.16. The molecule has 3 rings (SSSR count). The summed E-state index contributed by atoms with van der Waals surface area (Å²) in [5.74, 6) is -0.0465. The lowest BCUT2D eigenvalue weighted by Crippen LogP contribution is -2.39. The first-order chi connectivity index (χ1) is 11.5. The van der Waals surface area contributed by atoms with Crippen LogP contribution in [0.1, 0.15) is 5.56 Å². The number of urea groups is 1. The molecular weight excluding hydrogens is 346 g/mol. The van der Waals surface area contributed by atoms with Crippen molar-refractivity contribution < 1.29 is 4.79 Å². The quantitative estimate of drug-likeness (QED) is 0.476. The highest BCUT2D eigenvalue weighted by atomic mass is 35.5. The Morgan fingerprint density at radius 1 is 1.29 bits per heavy atom. The summed E-state index contributed by atoms with van der Waals surface area (Å²) in [7, 11) is 0. The molecule has 2 aromatic carbocycles. The number of carbonyl (C=O) groups is 1. The topological polar surface area (TPSA) is 92.4 Å². The molecular formula is C16H14ClN5OS. The van der Waals surface area contributed by atoms with Crippen LogP contribution in [0.25, 0.3) is 10.2 Å². The minimum Gasteiger partial charge on any atom is -0.369 e. The summed E-state index contributed by atoms with van der Waals surface area (Å²) >= 11 is 7.46. The molecule has 0 atom stereocenters. The van der Waals surface area contributed by atoms with E-state index in [1.165, 1.54) is 11.3 Å². The van der Waals surface area contributed by atoms with Gasteiger partial charge < -0.3 is 11.1 Å². The Labute approximate surface area is 147 Å². The lowest BCUT2D eigenvalue weighted by Gasteiger charge is -2.08. The van der Waals surface area contributed by atoms with Crippen molar-refractivity contribution in [1.29, 1.82) is 0 Å². The highest BCUT2D eigenvalue weighted by Crippen LogP contribution is 2.27. The number of fused-ring (bicyclic) bond motifs is 1. The maximum Gasteiger partial charge on any atom is 0.326 e. The number of guanidine groups is 1. The van der Waals surface area contributed by atoms with Crippen molar-refractivity contribution in [2.24, 2.45) is 10.7 Å². The van der Waals surface area contributed by atoms with Crippen LogP contribution in [0.3, 0.4) is 0 Å². The minimum absolute atomic E-state index is 0.0465. The predicted molar refractivity (Wildman–Crippen MR) is 99.2 cm³/mol. The summed E-state index contributed by atoms with van der Waals surface area (Å²) in [4.78, 5) is 20.4. The SMILES string of the molecule is Cc1ccc(NC(=O)N/C(N)=N/c2nc3ccccc3s2)c(Cl)c1. The predicted octanol–water partition coefficient (Wildman–Crippen LogP) is 4.03. The van der Waals surface area contributed by atoms with E-state index in [1.54, 1.807) is 12.1 Å². The lowest BCUT2D eigenvalue weighted by molar-refractivity contribution is 0.256. The monoisotopic (exact) mass is 359 g/mol. The van der Waals surface area contributed by atoms with Gasteiger partial charge in [0.25, 0.3) is 0 Å². The van der Waals surface area contributed by atoms with E-state index in [1.807, 2.05) is 37.3 Å². The van der Waals surface area contributed by atoms with Gasteiger partial charge in [-0.15, -0.1) is 0 Å². The van der Waals surface area contributed by atoms with Gasteiger partial charge >= 0.3 is 6.03 Å². The molecule has 24 heavy (non-hydrogen) atoms. The fraction of sp³-hybridized carbons (Fsp3) is 0.0625. The van der Waals surface area contributed by atoms with Crippen LogP contribution in [0.4, 0.5) is 15.6 Å². The molecule has 1 heterocycles. The van der Waals surface area contributed by atoms with E-state index in [0.29, 0.717) is 15.8 Å². The number of halogens is 1. The molecule has 1 aromatic heterocycles. The summed E-state index contributed by atoms with van der Waals surface area (Å²) < 4.78 is 1.000. The molecule has 8 heteroatoms. The van der Waals surface area contributed by atoms with Gasteiger partial charge in [-0.3, -0.25) is 5.32 Å². The second kappa shape index (κ2) is 6.86. The number of aliphatic imine (C=N–C) groups is 1. The number of carbonyl (C=O) groups excluding carboxylic acids is 1. The third kappa shape index (κ3) is 3.81. The molecule has 0 aliphatic carbocycles. The Bertz CT molecular complexity index is 904. The van der Waals surface area contributed by atoms with Crippen molar-refractivity contribution >= 4 is 56.0 Å². The van der Waals surface area contributed by atoms with Crippen LogP contribution in [0.2, 0.25) is 5.02 Å². The number of nitrogens with two attached hydrogens (primary N) is 1. The van der Waals surface area contributed by atoms with Crippen molar-refractivity contribution in [3.63, 3.8) is 0 Å². The molecule has 6 nitrogen and oxygen atoms in total. The standard InChI is InChI=1S/C16H14ClN5OS/c1-9-6-7-11(10(17)8-9)19-15(23)21-14(18)22-16-20-12-4-2-3-5-13(12)24-16/h2-8H,1H3,(H4,18,19,20,21,22,23). The smallest absolute Gasteiger partial charge is 0.326 e. The normalized spacial score (nSPS) is 11.5. The summed E-state index contributed by atoms with van der Waals surface area (Å²) in [5, 5.41) is 5.99. The number of anilines is 1. The van der Waals surface area contributed by atoms with E-state index >= 15 is 0 Å². The maximum atomic E-state index is 12.0. The number of nitrogens with one attached hydrogen (secondary N) is 2. The van der Waals surface area contributed by atoms with E-state index in [0.717, 1.165) is 15.8 Å². The lowest BCUT2D eigenvalue weighted by atomic mass is 10.2. The van der Waals surface area contributed by atoms with Gasteiger partial charge in [0, 0.05) is 0 Å². The molecule has 4 N–H and O–H groups in total. The van der Waals surface area contributed by atoms with Gasteiger partial charge in [0.1, 0.15) is 0 Å². The molecule has 0 radical (unpaired) electrons. The first kappa shape index (κ1) is 16.2. The molecule has 0 unspecified atom stereocenters. The van der Waals surface area contributed by atoms with Crippen molar-refractivity contribution in [2.45, 2.75) is 6.92 Å². The summed E-state index contributed by atoms with van der Waals surface area (Å²) in [6.45, 7) is 1.92. The zero-order chi connectivity index (χ0) is 17.1. The van der Waals surface area contributed by atoms with Crippen LogP contribution in [0.15, 0.2) is 47.5 Å². The van der Waals surface area contributed by atoms with Gasteiger partial charge in [-0.25, -0.2) is 9.78 Å². The van der Waals surface area contributed by atoms with E-state index in [-0.39, 0.29) is 5.96 Å². The van der Waals surface area contributed by atoms with E-state index in [2.05, 4.69) is 20.6 Å². The Kier molecular flexibility index (Phi) is 4.64. The molecule has 0 bridgehead atoms. The third-order valence-corrected chi connectivity index (χ3v) is 4.36. The average Bonchev–Trinajstić information content (AvgIpc) is 2.91. The van der Waals surface area contributed by atoms with Gasteiger partial charge in [-0.05, 0) is 36.8 Å². The zero-order valence-corrected chi connectivity index (χ0v) is 14.3. The number of nitrogens with zero attached hydrogens (tertiary/aromatic N) is 2. The average molecular weight is 360 g/mol. The highest BCUT2D eigenvalue weighted by molar-refractivity contribution is 7.22. The largest absolute Gasteiger partial charge is 0.369 e. The Balaban J connectivity index is 1.69. The maximum absolute atomic E-state index is 12.0. The summed E-state index contributed by atoms with van der Waals surface area (Å²) in [6.07, 6.45) is 0. The van der Waals surface area contributed by atoms with Crippen LogP contribution >= 0.6 is 22.9 Å². The number of aromatic nitrogens is 1. The van der Waals surface area contributed by atoms with Crippen LogP contribution in [0, 0.1) is 6.92 Å². The highest BCUT2D eigenvalue weighted by Gasteiger charge is 2.08. The number of para-hydroxylation sites is 1. The van der Waals surface area contributed by atoms with Gasteiger partial charge in [-0.2, -0.15) is 4.99 Å². The van der Waals surface area contributed by atoms with Crippen molar-refractivity contribution in [2.75, 3.05) is 5.32 Å². The van der Waals surface area contributed by atoms with Crippen molar-refractivity contribution in [3.05, 3.63) is 53.1 Å². The molecule has 122 valence electrons.